The van der Waals surface area contributed by atoms with E-state index in [0.29, 0.717) is 11.4 Å². The third kappa shape index (κ3) is 4.84. The molecule has 1 rings (SSSR count). The third-order valence-electron chi connectivity index (χ3n) is 2.09. The lowest BCUT2D eigenvalue weighted by atomic mass is 10.2. The van der Waals surface area contributed by atoms with Crippen molar-refractivity contribution in [3.63, 3.8) is 0 Å². The van der Waals surface area contributed by atoms with E-state index < -0.39 is 6.03 Å². The Morgan fingerprint density at radius 3 is 2.44 bits per heavy atom. The molecule has 0 saturated carbocycles. The highest BCUT2D eigenvalue weighted by molar-refractivity contribution is 5.92. The molecule has 0 bridgehead atoms. The van der Waals surface area contributed by atoms with Gasteiger partial charge in [-0.1, -0.05) is 6.07 Å². The van der Waals surface area contributed by atoms with Crippen LogP contribution in [0, 0.1) is 0 Å². The normalized spacial score (nSPS) is 11.5. The molecule has 0 aliphatic heterocycles. The van der Waals surface area contributed by atoms with E-state index in [0.717, 1.165) is 0 Å². The number of amides is 3. The maximum absolute atomic E-state index is 11.5. The fourth-order valence-electron chi connectivity index (χ4n) is 1.31. The predicted molar refractivity (Wildman–Crippen MR) is 69.4 cm³/mol. The van der Waals surface area contributed by atoms with Gasteiger partial charge in [0.15, 0.2) is 0 Å². The van der Waals surface area contributed by atoms with Crippen molar-refractivity contribution in [3.05, 3.63) is 24.3 Å². The molecule has 0 spiro atoms. The van der Waals surface area contributed by atoms with Crippen LogP contribution in [-0.4, -0.2) is 29.7 Å². The van der Waals surface area contributed by atoms with Gasteiger partial charge in [-0.3, -0.25) is 4.79 Å². The van der Waals surface area contributed by atoms with Crippen LogP contribution in [0.4, 0.5) is 16.2 Å². The van der Waals surface area contributed by atoms with Crippen LogP contribution < -0.4 is 16.0 Å². The molecule has 0 aromatic heterocycles. The van der Waals surface area contributed by atoms with Crippen molar-refractivity contribution in [1.82, 2.24) is 5.32 Å². The Morgan fingerprint density at radius 1 is 1.28 bits per heavy atom. The van der Waals surface area contributed by atoms with Crippen molar-refractivity contribution < 1.29 is 14.7 Å². The van der Waals surface area contributed by atoms with E-state index in [1.807, 2.05) is 0 Å². The summed E-state index contributed by atoms with van der Waals surface area (Å²) in [4.78, 5) is 22.4. The zero-order valence-electron chi connectivity index (χ0n) is 10.4. The number of benzene rings is 1. The summed E-state index contributed by atoms with van der Waals surface area (Å²) in [6.07, 6.45) is 0. The smallest absolute Gasteiger partial charge is 0.319 e. The fourth-order valence-corrected chi connectivity index (χ4v) is 1.31. The summed E-state index contributed by atoms with van der Waals surface area (Å²) in [6.45, 7) is 2.97. The van der Waals surface area contributed by atoms with Crippen molar-refractivity contribution in [3.8, 4) is 0 Å². The van der Waals surface area contributed by atoms with Crippen molar-refractivity contribution in [2.24, 2.45) is 0 Å². The molecule has 6 heteroatoms. The summed E-state index contributed by atoms with van der Waals surface area (Å²) in [6, 6.07) is 6.07. The Balaban J connectivity index is 2.61. The molecule has 0 heterocycles. The molecule has 3 amide bonds. The van der Waals surface area contributed by atoms with Gasteiger partial charge in [-0.25, -0.2) is 4.79 Å². The topological polar surface area (TPSA) is 90.5 Å². The molecular weight excluding hydrogens is 234 g/mol. The van der Waals surface area contributed by atoms with Gasteiger partial charge in [0.2, 0.25) is 5.91 Å². The van der Waals surface area contributed by atoms with Crippen LogP contribution >= 0.6 is 0 Å². The second-order valence-electron chi connectivity index (χ2n) is 3.94. The average Bonchev–Trinajstić information content (AvgIpc) is 2.28. The molecule has 98 valence electrons. The molecule has 4 N–H and O–H groups in total. The minimum Gasteiger partial charge on any atom is -0.394 e. The fraction of sp³-hybridized carbons (Fsp3) is 0.333. The lowest BCUT2D eigenvalue weighted by Gasteiger charge is -2.12. The van der Waals surface area contributed by atoms with E-state index in [1.165, 1.54) is 6.92 Å². The minimum atomic E-state index is -0.406. The first-order valence-corrected chi connectivity index (χ1v) is 5.57. The van der Waals surface area contributed by atoms with E-state index in [2.05, 4.69) is 16.0 Å². The van der Waals surface area contributed by atoms with Gasteiger partial charge in [-0.15, -0.1) is 0 Å². The van der Waals surface area contributed by atoms with Gasteiger partial charge in [-0.05, 0) is 25.1 Å². The van der Waals surface area contributed by atoms with Crippen LogP contribution in [0.1, 0.15) is 13.8 Å². The summed E-state index contributed by atoms with van der Waals surface area (Å²) in [5, 5.41) is 16.6. The lowest BCUT2D eigenvalue weighted by Crippen LogP contribution is -2.38. The maximum atomic E-state index is 11.5. The molecule has 1 aromatic carbocycles. The van der Waals surface area contributed by atoms with Gasteiger partial charge < -0.3 is 21.1 Å². The van der Waals surface area contributed by atoms with Gasteiger partial charge in [0.25, 0.3) is 0 Å². The highest BCUT2D eigenvalue weighted by Crippen LogP contribution is 2.14. The Morgan fingerprint density at radius 2 is 1.89 bits per heavy atom. The minimum absolute atomic E-state index is 0.126. The molecule has 1 atom stereocenters. The van der Waals surface area contributed by atoms with E-state index in [1.54, 1.807) is 31.2 Å². The number of carbonyl (C=O) groups is 2. The van der Waals surface area contributed by atoms with Crippen LogP contribution in [0.25, 0.3) is 0 Å². The first-order chi connectivity index (χ1) is 8.51. The Kier molecular flexibility index (Phi) is 5.13. The van der Waals surface area contributed by atoms with Crippen molar-refractivity contribution in [2.45, 2.75) is 19.9 Å². The molecular formula is C12H17N3O3. The van der Waals surface area contributed by atoms with Gasteiger partial charge in [0, 0.05) is 18.3 Å². The standard InChI is InChI=1S/C12H17N3O3/c1-8(7-16)13-12(18)15-11-5-3-4-10(6-11)14-9(2)17/h3-6,8,16H,7H2,1-2H3,(H,14,17)(H2,13,15,18)/t8-/m0/s1. The number of urea groups is 1. The molecule has 0 radical (unpaired) electrons. The highest BCUT2D eigenvalue weighted by atomic mass is 16.3. The van der Waals surface area contributed by atoms with Crippen molar-refractivity contribution in [2.75, 3.05) is 17.2 Å². The number of carbonyl (C=O) groups excluding carboxylic acids is 2. The second kappa shape index (κ2) is 6.61. The maximum Gasteiger partial charge on any atom is 0.319 e. The van der Waals surface area contributed by atoms with Crippen LogP contribution in [-0.2, 0) is 4.79 Å². The van der Waals surface area contributed by atoms with E-state index >= 15 is 0 Å². The Labute approximate surface area is 105 Å². The zero-order chi connectivity index (χ0) is 13.5. The predicted octanol–water partition coefficient (Wildman–Crippen LogP) is 1.15. The molecule has 0 fully saturated rings. The quantitative estimate of drug-likeness (QED) is 0.647. The largest absolute Gasteiger partial charge is 0.394 e. The number of rotatable bonds is 4. The highest BCUT2D eigenvalue weighted by Gasteiger charge is 2.06. The number of hydrogen-bond acceptors (Lipinski definition) is 3. The van der Waals surface area contributed by atoms with Crippen molar-refractivity contribution >= 4 is 23.3 Å². The molecule has 1 aromatic rings. The number of hydrogen-bond donors (Lipinski definition) is 4. The van der Waals surface area contributed by atoms with Gasteiger partial charge >= 0.3 is 6.03 Å². The third-order valence-corrected chi connectivity index (χ3v) is 2.09. The Hall–Kier alpha value is -2.08. The Bertz CT molecular complexity index is 434. The van der Waals surface area contributed by atoms with E-state index in [9.17, 15) is 9.59 Å². The molecule has 0 saturated heterocycles. The molecule has 18 heavy (non-hydrogen) atoms. The summed E-state index contributed by atoms with van der Waals surface area (Å²) in [5.74, 6) is -0.175. The number of nitrogens with one attached hydrogen (secondary N) is 3. The van der Waals surface area contributed by atoms with Gasteiger partial charge in [-0.2, -0.15) is 0 Å². The van der Waals surface area contributed by atoms with Crippen LogP contribution in [0.3, 0.4) is 0 Å². The SMILES string of the molecule is CC(=O)Nc1cccc(NC(=O)N[C@@H](C)CO)c1. The monoisotopic (exact) mass is 251 g/mol. The summed E-state index contributed by atoms with van der Waals surface area (Å²) in [7, 11) is 0. The second-order valence-corrected chi connectivity index (χ2v) is 3.94. The van der Waals surface area contributed by atoms with Gasteiger partial charge in [0.05, 0.1) is 12.6 Å². The lowest BCUT2D eigenvalue weighted by molar-refractivity contribution is -0.114. The molecule has 0 aliphatic carbocycles. The summed E-state index contributed by atoms with van der Waals surface area (Å²) < 4.78 is 0. The number of aliphatic hydroxyl groups excluding tert-OH is 1. The average molecular weight is 251 g/mol. The van der Waals surface area contributed by atoms with E-state index in [-0.39, 0.29) is 18.6 Å². The number of aliphatic hydroxyl groups is 1. The number of anilines is 2. The molecule has 0 aliphatic rings. The molecule has 6 nitrogen and oxygen atoms in total. The van der Waals surface area contributed by atoms with Crippen molar-refractivity contribution in [1.29, 1.82) is 0 Å². The van der Waals surface area contributed by atoms with Gasteiger partial charge in [0.1, 0.15) is 0 Å². The summed E-state index contributed by atoms with van der Waals surface area (Å²) in [5.41, 5.74) is 1.17. The summed E-state index contributed by atoms with van der Waals surface area (Å²) >= 11 is 0. The van der Waals surface area contributed by atoms with E-state index in [4.69, 9.17) is 5.11 Å². The molecule has 0 unspecified atom stereocenters. The van der Waals surface area contributed by atoms with Crippen LogP contribution in [0.5, 0.6) is 0 Å². The van der Waals surface area contributed by atoms with Crippen LogP contribution in [0.15, 0.2) is 24.3 Å². The first-order valence-electron chi connectivity index (χ1n) is 5.57. The zero-order valence-corrected chi connectivity index (χ0v) is 10.4. The first kappa shape index (κ1) is 14.0. The van der Waals surface area contributed by atoms with Crippen LogP contribution in [0.2, 0.25) is 0 Å².